The number of carbonyl (C=O) groups is 1. The molecule has 2 rings (SSSR count). The zero-order valence-corrected chi connectivity index (χ0v) is 8.74. The van der Waals surface area contributed by atoms with Gasteiger partial charge in [-0.05, 0) is 25.1 Å². The summed E-state index contributed by atoms with van der Waals surface area (Å²) in [6.07, 6.45) is -0.319. The lowest BCUT2D eigenvalue weighted by Crippen LogP contribution is -2.34. The molecule has 1 saturated heterocycles. The zero-order chi connectivity index (χ0) is 11.7. The van der Waals surface area contributed by atoms with Crippen molar-refractivity contribution in [2.24, 2.45) is 0 Å². The minimum Gasteiger partial charge on any atom is -0.357 e. The quantitative estimate of drug-likeness (QED) is 0.732. The van der Waals surface area contributed by atoms with Crippen LogP contribution in [0.4, 0.5) is 8.78 Å². The van der Waals surface area contributed by atoms with Gasteiger partial charge in [0.25, 0.3) is 5.91 Å². The van der Waals surface area contributed by atoms with E-state index < -0.39 is 11.6 Å². The van der Waals surface area contributed by atoms with Crippen molar-refractivity contribution < 1.29 is 18.3 Å². The second kappa shape index (κ2) is 4.17. The van der Waals surface area contributed by atoms with E-state index in [0.717, 1.165) is 12.1 Å². The summed E-state index contributed by atoms with van der Waals surface area (Å²) in [4.78, 5) is 13.4. The summed E-state index contributed by atoms with van der Waals surface area (Å²) in [5.41, 5.74) is 0.135. The van der Waals surface area contributed by atoms with Crippen LogP contribution in [0.25, 0.3) is 0 Å². The molecule has 1 aliphatic rings. The molecule has 16 heavy (non-hydrogen) atoms. The van der Waals surface area contributed by atoms with Gasteiger partial charge in [0.15, 0.2) is 11.6 Å². The number of amides is 1. The topological polar surface area (TPSA) is 29.5 Å². The van der Waals surface area contributed by atoms with Crippen molar-refractivity contribution in [3.63, 3.8) is 0 Å². The molecule has 0 N–H and O–H groups in total. The van der Waals surface area contributed by atoms with E-state index in [1.807, 2.05) is 0 Å². The fraction of sp³-hybridized carbons (Fsp3) is 0.364. The largest absolute Gasteiger partial charge is 0.357 e. The highest BCUT2D eigenvalue weighted by Crippen LogP contribution is 2.16. The first-order valence-electron chi connectivity index (χ1n) is 4.97. The third-order valence-corrected chi connectivity index (χ3v) is 2.56. The van der Waals surface area contributed by atoms with Gasteiger partial charge < -0.3 is 9.64 Å². The van der Waals surface area contributed by atoms with Gasteiger partial charge in [-0.2, -0.15) is 0 Å². The molecule has 0 radical (unpaired) electrons. The fourth-order valence-electron chi connectivity index (χ4n) is 1.66. The summed E-state index contributed by atoms with van der Waals surface area (Å²) in [6, 6.07) is 3.12. The van der Waals surface area contributed by atoms with Crippen molar-refractivity contribution in [3.8, 4) is 0 Å². The number of benzene rings is 1. The average molecular weight is 227 g/mol. The molecular weight excluding hydrogens is 216 g/mol. The minimum absolute atomic E-state index is 0.135. The van der Waals surface area contributed by atoms with Gasteiger partial charge in [0, 0.05) is 12.1 Å². The Bertz CT molecular complexity index is 422. The molecular formula is C11H11F2NO2. The Morgan fingerprint density at radius 3 is 2.75 bits per heavy atom. The molecule has 1 aromatic rings. The second-order valence-electron chi connectivity index (χ2n) is 3.60. The van der Waals surface area contributed by atoms with Gasteiger partial charge in [-0.25, -0.2) is 8.78 Å². The lowest BCUT2D eigenvalue weighted by atomic mass is 10.2. The maximum Gasteiger partial charge on any atom is 0.256 e. The molecule has 1 unspecified atom stereocenters. The van der Waals surface area contributed by atoms with Crippen LogP contribution in [-0.2, 0) is 4.74 Å². The Kier molecular flexibility index (Phi) is 2.87. The van der Waals surface area contributed by atoms with Crippen LogP contribution in [0.15, 0.2) is 18.2 Å². The Balaban J connectivity index is 2.23. The summed E-state index contributed by atoms with van der Waals surface area (Å²) in [5.74, 6) is -2.32. The zero-order valence-electron chi connectivity index (χ0n) is 8.74. The van der Waals surface area contributed by atoms with E-state index in [1.54, 1.807) is 6.92 Å². The summed E-state index contributed by atoms with van der Waals surface area (Å²) in [7, 11) is 0. The predicted molar refractivity (Wildman–Crippen MR) is 52.8 cm³/mol. The van der Waals surface area contributed by atoms with Crippen LogP contribution in [0.3, 0.4) is 0 Å². The molecule has 1 atom stereocenters. The first-order valence-corrected chi connectivity index (χ1v) is 4.97. The highest BCUT2D eigenvalue weighted by Gasteiger charge is 2.27. The predicted octanol–water partition coefficient (Wildman–Crippen LogP) is 1.78. The maximum absolute atomic E-state index is 12.9. The Labute approximate surface area is 91.6 Å². The maximum atomic E-state index is 12.9. The lowest BCUT2D eigenvalue weighted by molar-refractivity contribution is 0.0377. The third kappa shape index (κ3) is 1.90. The highest BCUT2D eigenvalue weighted by molar-refractivity contribution is 5.94. The SMILES string of the molecule is CC1OCCN1C(=O)c1ccc(F)c(F)c1. The van der Waals surface area contributed by atoms with Gasteiger partial charge in [-0.3, -0.25) is 4.79 Å². The summed E-state index contributed by atoms with van der Waals surface area (Å²) >= 11 is 0. The summed E-state index contributed by atoms with van der Waals surface area (Å²) in [5, 5.41) is 0. The number of halogens is 2. The van der Waals surface area contributed by atoms with E-state index in [9.17, 15) is 13.6 Å². The summed E-state index contributed by atoms with van der Waals surface area (Å²) in [6.45, 7) is 2.68. The number of ether oxygens (including phenoxy) is 1. The van der Waals surface area contributed by atoms with Crippen LogP contribution < -0.4 is 0 Å². The lowest BCUT2D eigenvalue weighted by Gasteiger charge is -2.19. The van der Waals surface area contributed by atoms with Crippen molar-refractivity contribution >= 4 is 5.91 Å². The normalized spacial score (nSPS) is 20.2. The molecule has 86 valence electrons. The molecule has 1 heterocycles. The van der Waals surface area contributed by atoms with E-state index >= 15 is 0 Å². The van der Waals surface area contributed by atoms with Gasteiger partial charge in [0.05, 0.1) is 6.61 Å². The van der Waals surface area contributed by atoms with Crippen molar-refractivity contribution in [1.82, 2.24) is 4.90 Å². The molecule has 1 aromatic carbocycles. The average Bonchev–Trinajstić information content (AvgIpc) is 2.67. The van der Waals surface area contributed by atoms with E-state index in [0.29, 0.717) is 13.2 Å². The van der Waals surface area contributed by atoms with E-state index in [2.05, 4.69) is 0 Å². The van der Waals surface area contributed by atoms with Crippen LogP contribution in [0, 0.1) is 11.6 Å². The first kappa shape index (κ1) is 11.0. The number of rotatable bonds is 1. The number of hydrogen-bond acceptors (Lipinski definition) is 2. The Morgan fingerprint density at radius 2 is 2.19 bits per heavy atom. The van der Waals surface area contributed by atoms with Crippen LogP contribution in [-0.4, -0.2) is 30.2 Å². The minimum atomic E-state index is -1.02. The number of carbonyl (C=O) groups excluding carboxylic acids is 1. The van der Waals surface area contributed by atoms with Crippen LogP contribution >= 0.6 is 0 Å². The van der Waals surface area contributed by atoms with E-state index in [-0.39, 0.29) is 17.7 Å². The Morgan fingerprint density at radius 1 is 1.44 bits per heavy atom. The number of hydrogen-bond donors (Lipinski definition) is 0. The van der Waals surface area contributed by atoms with Gasteiger partial charge in [-0.15, -0.1) is 0 Å². The first-order chi connectivity index (χ1) is 7.59. The standard InChI is InChI=1S/C11H11F2NO2/c1-7-14(4-5-16-7)11(15)8-2-3-9(12)10(13)6-8/h2-3,6-7H,4-5H2,1H3. The van der Waals surface area contributed by atoms with Crippen LogP contribution in [0.2, 0.25) is 0 Å². The second-order valence-corrected chi connectivity index (χ2v) is 3.60. The van der Waals surface area contributed by atoms with E-state index in [4.69, 9.17) is 4.74 Å². The molecule has 0 saturated carbocycles. The molecule has 1 fully saturated rings. The van der Waals surface area contributed by atoms with Gasteiger partial charge in [-0.1, -0.05) is 0 Å². The third-order valence-electron chi connectivity index (χ3n) is 2.56. The molecule has 0 bridgehead atoms. The van der Waals surface area contributed by atoms with Crippen LogP contribution in [0.5, 0.6) is 0 Å². The molecule has 0 aromatic heterocycles. The Hall–Kier alpha value is -1.49. The van der Waals surface area contributed by atoms with Crippen molar-refractivity contribution in [3.05, 3.63) is 35.4 Å². The molecule has 5 heteroatoms. The molecule has 0 aliphatic carbocycles. The molecule has 1 aliphatic heterocycles. The van der Waals surface area contributed by atoms with Crippen molar-refractivity contribution in [1.29, 1.82) is 0 Å². The number of nitrogens with zero attached hydrogens (tertiary/aromatic N) is 1. The van der Waals surface area contributed by atoms with Crippen molar-refractivity contribution in [2.75, 3.05) is 13.2 Å². The molecule has 1 amide bonds. The smallest absolute Gasteiger partial charge is 0.256 e. The van der Waals surface area contributed by atoms with Gasteiger partial charge in [0.2, 0.25) is 0 Å². The van der Waals surface area contributed by atoms with E-state index in [1.165, 1.54) is 11.0 Å². The summed E-state index contributed by atoms with van der Waals surface area (Å²) < 4.78 is 30.8. The molecule has 3 nitrogen and oxygen atoms in total. The van der Waals surface area contributed by atoms with Crippen molar-refractivity contribution in [2.45, 2.75) is 13.2 Å². The van der Waals surface area contributed by atoms with Gasteiger partial charge in [0.1, 0.15) is 6.23 Å². The molecule has 0 spiro atoms. The fourth-order valence-corrected chi connectivity index (χ4v) is 1.66. The van der Waals surface area contributed by atoms with Gasteiger partial charge >= 0.3 is 0 Å². The van der Waals surface area contributed by atoms with Crippen LogP contribution in [0.1, 0.15) is 17.3 Å². The monoisotopic (exact) mass is 227 g/mol. The highest BCUT2D eigenvalue weighted by atomic mass is 19.2.